The molecular formula is C14H24N2O. The van der Waals surface area contributed by atoms with Crippen molar-refractivity contribution in [3.05, 3.63) is 18.2 Å². The molecule has 0 aliphatic rings. The van der Waals surface area contributed by atoms with Crippen molar-refractivity contribution >= 4 is 11.4 Å². The maximum absolute atomic E-state index is 6.02. The zero-order valence-electron chi connectivity index (χ0n) is 11.1. The van der Waals surface area contributed by atoms with Crippen LogP contribution in [0.15, 0.2) is 18.2 Å². The van der Waals surface area contributed by atoms with Gasteiger partial charge in [-0.2, -0.15) is 0 Å². The SMILES string of the molecule is CCOc1cccc(NCCCC(C)C)c1N. The molecule has 3 nitrogen and oxygen atoms in total. The van der Waals surface area contributed by atoms with Crippen molar-refractivity contribution in [2.75, 3.05) is 24.2 Å². The second-order valence-electron chi connectivity index (χ2n) is 4.61. The lowest BCUT2D eigenvalue weighted by Gasteiger charge is -2.13. The number of nitrogens with two attached hydrogens (primary N) is 1. The molecule has 0 radical (unpaired) electrons. The Labute approximate surface area is 104 Å². The van der Waals surface area contributed by atoms with Crippen LogP contribution in [0.25, 0.3) is 0 Å². The highest BCUT2D eigenvalue weighted by atomic mass is 16.5. The van der Waals surface area contributed by atoms with Gasteiger partial charge in [-0.15, -0.1) is 0 Å². The molecule has 96 valence electrons. The first-order valence-electron chi connectivity index (χ1n) is 6.40. The summed E-state index contributed by atoms with van der Waals surface area (Å²) in [7, 11) is 0. The molecule has 0 bridgehead atoms. The zero-order chi connectivity index (χ0) is 12.7. The first kappa shape index (κ1) is 13.7. The second kappa shape index (κ2) is 7.05. The Morgan fingerprint density at radius 3 is 2.76 bits per heavy atom. The van der Waals surface area contributed by atoms with E-state index in [9.17, 15) is 0 Å². The minimum absolute atomic E-state index is 0.640. The summed E-state index contributed by atoms with van der Waals surface area (Å²) in [6.07, 6.45) is 2.40. The maximum Gasteiger partial charge on any atom is 0.144 e. The summed E-state index contributed by atoms with van der Waals surface area (Å²) in [4.78, 5) is 0. The van der Waals surface area contributed by atoms with E-state index in [0.29, 0.717) is 12.3 Å². The predicted octanol–water partition coefficient (Wildman–Crippen LogP) is 3.52. The number of hydrogen-bond acceptors (Lipinski definition) is 3. The van der Waals surface area contributed by atoms with E-state index in [1.165, 1.54) is 6.42 Å². The minimum atomic E-state index is 0.640. The van der Waals surface area contributed by atoms with Crippen LogP contribution in [0, 0.1) is 5.92 Å². The third kappa shape index (κ3) is 4.55. The van der Waals surface area contributed by atoms with Crippen molar-refractivity contribution in [3.8, 4) is 5.75 Å². The van der Waals surface area contributed by atoms with E-state index in [1.54, 1.807) is 0 Å². The lowest BCUT2D eigenvalue weighted by molar-refractivity contribution is 0.342. The molecule has 0 fully saturated rings. The Morgan fingerprint density at radius 2 is 2.12 bits per heavy atom. The summed E-state index contributed by atoms with van der Waals surface area (Å²) in [6.45, 7) is 8.04. The van der Waals surface area contributed by atoms with E-state index >= 15 is 0 Å². The zero-order valence-corrected chi connectivity index (χ0v) is 11.1. The molecule has 0 unspecified atom stereocenters. The van der Waals surface area contributed by atoms with Gasteiger partial charge in [-0.3, -0.25) is 0 Å². The fourth-order valence-electron chi connectivity index (χ4n) is 1.71. The van der Waals surface area contributed by atoms with Crippen molar-refractivity contribution in [1.29, 1.82) is 0 Å². The molecule has 3 N–H and O–H groups in total. The standard InChI is InChI=1S/C14H24N2O/c1-4-17-13-9-5-8-12(14(13)15)16-10-6-7-11(2)3/h5,8-9,11,16H,4,6-7,10,15H2,1-3H3. The highest BCUT2D eigenvalue weighted by molar-refractivity contribution is 5.72. The van der Waals surface area contributed by atoms with Gasteiger partial charge >= 0.3 is 0 Å². The van der Waals surface area contributed by atoms with Gasteiger partial charge in [-0.1, -0.05) is 19.9 Å². The predicted molar refractivity (Wildman–Crippen MR) is 74.6 cm³/mol. The number of hydrogen-bond donors (Lipinski definition) is 2. The number of nitrogens with one attached hydrogen (secondary N) is 1. The summed E-state index contributed by atoms with van der Waals surface area (Å²) < 4.78 is 5.46. The van der Waals surface area contributed by atoms with Crippen LogP contribution >= 0.6 is 0 Å². The van der Waals surface area contributed by atoms with Crippen LogP contribution in [0.4, 0.5) is 11.4 Å². The minimum Gasteiger partial charge on any atom is -0.492 e. The molecule has 0 atom stereocenters. The Morgan fingerprint density at radius 1 is 1.35 bits per heavy atom. The van der Waals surface area contributed by atoms with Crippen LogP contribution in [-0.2, 0) is 0 Å². The van der Waals surface area contributed by atoms with Crippen LogP contribution in [0.3, 0.4) is 0 Å². The van der Waals surface area contributed by atoms with Crippen molar-refractivity contribution in [2.45, 2.75) is 33.6 Å². The molecule has 0 aromatic heterocycles. The van der Waals surface area contributed by atoms with Gasteiger partial charge in [0.1, 0.15) is 5.75 Å². The summed E-state index contributed by atoms with van der Waals surface area (Å²) in [5.74, 6) is 1.52. The number of anilines is 2. The normalized spacial score (nSPS) is 10.6. The van der Waals surface area contributed by atoms with E-state index in [0.717, 1.165) is 30.3 Å². The van der Waals surface area contributed by atoms with Crippen molar-refractivity contribution < 1.29 is 4.74 Å². The average molecular weight is 236 g/mol. The Kier molecular flexibility index (Phi) is 5.67. The molecular weight excluding hydrogens is 212 g/mol. The third-order valence-electron chi connectivity index (χ3n) is 2.64. The lowest BCUT2D eigenvalue weighted by atomic mass is 10.1. The molecule has 0 aliphatic carbocycles. The molecule has 0 saturated heterocycles. The average Bonchev–Trinajstić information content (AvgIpc) is 2.29. The largest absolute Gasteiger partial charge is 0.492 e. The molecule has 0 heterocycles. The smallest absolute Gasteiger partial charge is 0.144 e. The Bertz CT molecular complexity index is 337. The van der Waals surface area contributed by atoms with Crippen LogP contribution in [0.1, 0.15) is 33.6 Å². The number of nitrogen functional groups attached to an aromatic ring is 1. The fraction of sp³-hybridized carbons (Fsp3) is 0.571. The molecule has 1 aromatic rings. The van der Waals surface area contributed by atoms with Gasteiger partial charge in [0.2, 0.25) is 0 Å². The number of rotatable bonds is 7. The van der Waals surface area contributed by atoms with Crippen LogP contribution in [0.2, 0.25) is 0 Å². The molecule has 0 amide bonds. The summed E-state index contributed by atoms with van der Waals surface area (Å²) in [5, 5.41) is 3.36. The lowest BCUT2D eigenvalue weighted by Crippen LogP contribution is -2.06. The first-order chi connectivity index (χ1) is 8.15. The van der Waals surface area contributed by atoms with Crippen molar-refractivity contribution in [3.63, 3.8) is 0 Å². The molecule has 0 saturated carbocycles. The summed E-state index contributed by atoms with van der Waals surface area (Å²) in [5.41, 5.74) is 7.70. The third-order valence-corrected chi connectivity index (χ3v) is 2.64. The second-order valence-corrected chi connectivity index (χ2v) is 4.61. The molecule has 1 rings (SSSR count). The van der Waals surface area contributed by atoms with Gasteiger partial charge in [-0.25, -0.2) is 0 Å². The molecule has 3 heteroatoms. The monoisotopic (exact) mass is 236 g/mol. The Hall–Kier alpha value is -1.38. The quantitative estimate of drug-likeness (QED) is 0.562. The van der Waals surface area contributed by atoms with Crippen LogP contribution in [0.5, 0.6) is 5.75 Å². The van der Waals surface area contributed by atoms with Crippen LogP contribution in [-0.4, -0.2) is 13.2 Å². The van der Waals surface area contributed by atoms with Gasteiger partial charge < -0.3 is 15.8 Å². The van der Waals surface area contributed by atoms with Crippen molar-refractivity contribution in [2.24, 2.45) is 5.92 Å². The maximum atomic E-state index is 6.02. The number of para-hydroxylation sites is 1. The summed E-state index contributed by atoms with van der Waals surface area (Å²) >= 11 is 0. The van der Waals surface area contributed by atoms with E-state index < -0.39 is 0 Å². The van der Waals surface area contributed by atoms with Gasteiger partial charge in [0, 0.05) is 6.54 Å². The Balaban J connectivity index is 2.50. The van der Waals surface area contributed by atoms with Gasteiger partial charge in [0.05, 0.1) is 18.0 Å². The molecule has 1 aromatic carbocycles. The topological polar surface area (TPSA) is 47.3 Å². The van der Waals surface area contributed by atoms with Gasteiger partial charge in [0.15, 0.2) is 0 Å². The molecule has 0 spiro atoms. The highest BCUT2D eigenvalue weighted by Gasteiger charge is 2.04. The number of ether oxygens (including phenoxy) is 1. The highest BCUT2D eigenvalue weighted by Crippen LogP contribution is 2.29. The van der Waals surface area contributed by atoms with Crippen LogP contribution < -0.4 is 15.8 Å². The number of benzene rings is 1. The fourth-order valence-corrected chi connectivity index (χ4v) is 1.71. The van der Waals surface area contributed by atoms with Crippen molar-refractivity contribution in [1.82, 2.24) is 0 Å². The van der Waals surface area contributed by atoms with E-state index in [4.69, 9.17) is 10.5 Å². The van der Waals surface area contributed by atoms with Gasteiger partial charge in [0.25, 0.3) is 0 Å². The first-order valence-corrected chi connectivity index (χ1v) is 6.40. The van der Waals surface area contributed by atoms with Gasteiger partial charge in [-0.05, 0) is 37.8 Å². The van der Waals surface area contributed by atoms with E-state index in [1.807, 2.05) is 25.1 Å². The summed E-state index contributed by atoms with van der Waals surface area (Å²) in [6, 6.07) is 5.86. The molecule has 17 heavy (non-hydrogen) atoms. The molecule has 0 aliphatic heterocycles. The van der Waals surface area contributed by atoms with E-state index in [2.05, 4.69) is 19.2 Å². The van der Waals surface area contributed by atoms with E-state index in [-0.39, 0.29) is 0 Å².